The van der Waals surface area contributed by atoms with Crippen molar-refractivity contribution in [3.8, 4) is 11.1 Å². The van der Waals surface area contributed by atoms with Gasteiger partial charge >= 0.3 is 11.9 Å². The summed E-state index contributed by atoms with van der Waals surface area (Å²) in [5, 5.41) is 11.7. The van der Waals surface area contributed by atoms with Crippen molar-refractivity contribution in [1.82, 2.24) is 0 Å². The van der Waals surface area contributed by atoms with Crippen LogP contribution in [0.4, 0.5) is 17.1 Å². The third-order valence-electron chi connectivity index (χ3n) is 6.71. The first-order valence-corrected chi connectivity index (χ1v) is 12.3. The molecule has 0 aliphatic carbocycles. The number of non-ortho nitro benzene ring substituents is 1. The van der Waals surface area contributed by atoms with Gasteiger partial charge in [-0.15, -0.1) is 0 Å². The van der Waals surface area contributed by atoms with Crippen LogP contribution in [0.5, 0.6) is 0 Å². The zero-order valence-electron chi connectivity index (χ0n) is 22.0. The molecule has 0 unspecified atom stereocenters. The number of fused-ring (bicyclic) bond motifs is 6. The molecule has 0 aromatic heterocycles. The Morgan fingerprint density at radius 3 is 2.05 bits per heavy atom. The van der Waals surface area contributed by atoms with Crippen LogP contribution in [0.15, 0.2) is 48.5 Å². The minimum Gasteiger partial charge on any atom is -0.465 e. The summed E-state index contributed by atoms with van der Waals surface area (Å²) < 4.78 is 10.5. The molecule has 196 valence electrons. The summed E-state index contributed by atoms with van der Waals surface area (Å²) in [6, 6.07) is 14.5. The number of benzene rings is 3. The van der Waals surface area contributed by atoms with Crippen LogP contribution in [0.1, 0.15) is 58.2 Å². The second-order valence-electron chi connectivity index (χ2n) is 10.7. The number of nitro benzene ring substituents is 1. The molecule has 5 rings (SSSR count). The summed E-state index contributed by atoms with van der Waals surface area (Å²) >= 11 is 0. The van der Waals surface area contributed by atoms with E-state index in [9.17, 15) is 19.7 Å². The molecule has 2 heterocycles. The number of carbonyl (C=O) groups is 2. The minimum atomic E-state index is -0.843. The maximum Gasteiger partial charge on any atom is 0.339 e. The Hall–Kier alpha value is -4.40. The maximum absolute atomic E-state index is 13.3. The molecule has 2 aliphatic rings. The number of rotatable bonds is 4. The lowest BCUT2D eigenvalue weighted by Gasteiger charge is -2.45. The zero-order chi connectivity index (χ0) is 27.4. The van der Waals surface area contributed by atoms with Gasteiger partial charge in [0.15, 0.2) is 0 Å². The van der Waals surface area contributed by atoms with E-state index in [1.165, 1.54) is 23.9 Å². The number of methoxy groups -OCH3 is 1. The molecule has 0 atom stereocenters. The Bertz CT molecular complexity index is 1490. The van der Waals surface area contributed by atoms with Crippen molar-refractivity contribution < 1.29 is 24.0 Å². The molecule has 2 aliphatic heterocycles. The van der Waals surface area contributed by atoms with Gasteiger partial charge in [-0.05, 0) is 62.6 Å². The van der Waals surface area contributed by atoms with Crippen molar-refractivity contribution in [2.24, 2.45) is 0 Å². The number of anilines is 2. The van der Waals surface area contributed by atoms with Crippen molar-refractivity contribution in [3.63, 3.8) is 0 Å². The summed E-state index contributed by atoms with van der Waals surface area (Å²) in [6.45, 7) is 9.39. The van der Waals surface area contributed by atoms with Gasteiger partial charge in [0, 0.05) is 42.2 Å². The van der Waals surface area contributed by atoms with E-state index in [0.717, 1.165) is 36.6 Å². The lowest BCUT2D eigenvalue weighted by Crippen LogP contribution is -2.46. The molecule has 9 heteroatoms. The van der Waals surface area contributed by atoms with Crippen LogP contribution in [0.2, 0.25) is 0 Å². The number of aryl methyl sites for hydroxylation is 1. The van der Waals surface area contributed by atoms with E-state index in [-0.39, 0.29) is 16.7 Å². The van der Waals surface area contributed by atoms with Gasteiger partial charge in [-0.2, -0.15) is 0 Å². The average Bonchev–Trinajstić information content (AvgIpc) is 2.85. The van der Waals surface area contributed by atoms with E-state index in [2.05, 4.69) is 34.9 Å². The largest absolute Gasteiger partial charge is 0.465 e. The molecule has 38 heavy (non-hydrogen) atoms. The van der Waals surface area contributed by atoms with E-state index in [0.29, 0.717) is 12.1 Å². The molecule has 0 fully saturated rings. The summed E-state index contributed by atoms with van der Waals surface area (Å²) in [7, 11) is 1.20. The highest BCUT2D eigenvalue weighted by atomic mass is 16.6. The van der Waals surface area contributed by atoms with Crippen molar-refractivity contribution in [3.05, 3.63) is 86.5 Å². The molecule has 0 saturated carbocycles. The van der Waals surface area contributed by atoms with Crippen molar-refractivity contribution >= 4 is 29.0 Å². The Morgan fingerprint density at radius 2 is 1.47 bits per heavy atom. The predicted molar refractivity (Wildman–Crippen MR) is 143 cm³/mol. The maximum atomic E-state index is 13.3. The Labute approximate surface area is 220 Å². The standard InChI is InChI=1S/C29H29N3O6/c1-17-6-8-24-19(10-17)14-30-16-31(24)15-20-11-18(7-9-25(20)30)26-22(27(33)37-5)12-21(32(35)36)13-23(26)28(34)38-29(2,3)4/h6-13H,14-16H2,1-5H3. The Morgan fingerprint density at radius 1 is 0.895 bits per heavy atom. The summed E-state index contributed by atoms with van der Waals surface area (Å²) in [4.78, 5) is 41.8. The average molecular weight is 516 g/mol. The van der Waals surface area contributed by atoms with Gasteiger partial charge in [0.25, 0.3) is 5.69 Å². The molecule has 0 spiro atoms. The number of esters is 2. The third kappa shape index (κ3) is 4.55. The lowest BCUT2D eigenvalue weighted by molar-refractivity contribution is -0.384. The monoisotopic (exact) mass is 515 g/mol. The highest BCUT2D eigenvalue weighted by Crippen LogP contribution is 2.41. The van der Waals surface area contributed by atoms with E-state index in [1.807, 2.05) is 18.2 Å². The predicted octanol–water partition coefficient (Wildman–Crippen LogP) is 5.61. The van der Waals surface area contributed by atoms with E-state index in [4.69, 9.17) is 9.47 Å². The van der Waals surface area contributed by atoms with Gasteiger partial charge < -0.3 is 19.3 Å². The van der Waals surface area contributed by atoms with Gasteiger partial charge in [-0.3, -0.25) is 10.1 Å². The van der Waals surface area contributed by atoms with Crippen molar-refractivity contribution in [1.29, 1.82) is 0 Å². The molecule has 3 aromatic rings. The van der Waals surface area contributed by atoms with Crippen LogP contribution in [0, 0.1) is 17.0 Å². The normalized spacial score (nSPS) is 13.9. The smallest absolute Gasteiger partial charge is 0.339 e. The van der Waals surface area contributed by atoms with Crippen LogP contribution in [0.3, 0.4) is 0 Å². The van der Waals surface area contributed by atoms with Gasteiger partial charge in [0.1, 0.15) is 5.60 Å². The number of nitro groups is 1. The zero-order valence-corrected chi connectivity index (χ0v) is 22.0. The molecule has 2 bridgehead atoms. The van der Waals surface area contributed by atoms with Gasteiger partial charge in [0.2, 0.25) is 0 Å². The van der Waals surface area contributed by atoms with Gasteiger partial charge in [-0.25, -0.2) is 9.59 Å². The van der Waals surface area contributed by atoms with Crippen LogP contribution >= 0.6 is 0 Å². The summed E-state index contributed by atoms with van der Waals surface area (Å²) in [6.07, 6.45) is 0. The second-order valence-corrected chi connectivity index (χ2v) is 10.7. The van der Waals surface area contributed by atoms with Crippen LogP contribution in [0.25, 0.3) is 11.1 Å². The first-order valence-electron chi connectivity index (χ1n) is 12.3. The molecule has 9 nitrogen and oxygen atoms in total. The lowest BCUT2D eigenvalue weighted by atomic mass is 9.90. The number of carbonyl (C=O) groups excluding carboxylic acids is 2. The summed E-state index contributed by atoms with van der Waals surface area (Å²) in [5.74, 6) is -1.53. The fourth-order valence-corrected chi connectivity index (χ4v) is 5.17. The minimum absolute atomic E-state index is 0.0630. The van der Waals surface area contributed by atoms with Gasteiger partial charge in [-0.1, -0.05) is 23.8 Å². The summed E-state index contributed by atoms with van der Waals surface area (Å²) in [5.41, 5.74) is 5.20. The number of hydrogen-bond donors (Lipinski definition) is 0. The molecule has 0 radical (unpaired) electrons. The van der Waals surface area contributed by atoms with Crippen LogP contribution < -0.4 is 9.80 Å². The first-order chi connectivity index (χ1) is 17.9. The Balaban J connectivity index is 1.66. The van der Waals surface area contributed by atoms with Crippen molar-refractivity contribution in [2.75, 3.05) is 23.6 Å². The van der Waals surface area contributed by atoms with Crippen LogP contribution in [-0.2, 0) is 22.6 Å². The number of ether oxygens (including phenoxy) is 2. The second kappa shape index (κ2) is 9.16. The third-order valence-corrected chi connectivity index (χ3v) is 6.71. The molecule has 0 amide bonds. The highest BCUT2D eigenvalue weighted by Gasteiger charge is 2.32. The Kier molecular flexibility index (Phi) is 6.09. The molecule has 3 aromatic carbocycles. The fourth-order valence-electron chi connectivity index (χ4n) is 5.17. The molecular weight excluding hydrogens is 486 g/mol. The van der Waals surface area contributed by atoms with E-state index < -0.39 is 28.2 Å². The number of nitrogens with zero attached hydrogens (tertiary/aromatic N) is 3. The van der Waals surface area contributed by atoms with E-state index >= 15 is 0 Å². The first kappa shape index (κ1) is 25.3. The quantitative estimate of drug-likeness (QED) is 0.251. The SMILES string of the molecule is COC(=O)c1cc([N+](=O)[O-])cc(C(=O)OC(C)(C)C)c1-c1ccc2c(c1)CN1CN2Cc2cc(C)ccc21. The van der Waals surface area contributed by atoms with E-state index in [1.54, 1.807) is 20.8 Å². The fraction of sp³-hybridized carbons (Fsp3) is 0.310. The topological polar surface area (TPSA) is 102 Å². The molecule has 0 N–H and O–H groups in total. The van der Waals surface area contributed by atoms with Gasteiger partial charge in [0.05, 0.1) is 29.8 Å². The molecule has 0 saturated heterocycles. The highest BCUT2D eigenvalue weighted by molar-refractivity contribution is 6.07. The molecular formula is C29H29N3O6. The van der Waals surface area contributed by atoms with Crippen LogP contribution in [-0.4, -0.2) is 36.2 Å². The van der Waals surface area contributed by atoms with Crippen molar-refractivity contribution in [2.45, 2.75) is 46.4 Å². The number of hydrogen-bond acceptors (Lipinski definition) is 8.